The van der Waals surface area contributed by atoms with Crippen molar-refractivity contribution in [2.75, 3.05) is 32.8 Å². The molecule has 0 unspecified atom stereocenters. The second-order valence-electron chi connectivity index (χ2n) is 8.49. The number of thiophene rings is 1. The number of H-pyrrole nitrogens is 1. The largest absolute Gasteiger partial charge is 0.484 e. The Morgan fingerprint density at radius 3 is 2.67 bits per heavy atom. The van der Waals surface area contributed by atoms with Crippen LogP contribution < -0.4 is 10.3 Å². The molecule has 8 nitrogen and oxygen atoms in total. The molecule has 1 aliphatic carbocycles. The Balaban J connectivity index is 1.16. The van der Waals surface area contributed by atoms with Crippen molar-refractivity contribution in [1.29, 1.82) is 5.26 Å². The van der Waals surface area contributed by atoms with E-state index in [2.05, 4.69) is 16.0 Å². The minimum absolute atomic E-state index is 0.0248. The van der Waals surface area contributed by atoms with E-state index < -0.39 is 0 Å². The van der Waals surface area contributed by atoms with Crippen molar-refractivity contribution in [3.63, 3.8) is 0 Å². The Morgan fingerprint density at radius 2 is 1.91 bits per heavy atom. The van der Waals surface area contributed by atoms with Gasteiger partial charge in [0.25, 0.3) is 11.5 Å². The van der Waals surface area contributed by atoms with Crippen LogP contribution in [0, 0.1) is 11.3 Å². The lowest BCUT2D eigenvalue weighted by Crippen LogP contribution is -2.49. The SMILES string of the molecule is N#Cc1ccc(OCC(=O)N2CCN(Cc3nc4sc5c(c4c(=O)[nH]3)CCCC5)CC2)cc1. The zero-order valence-electron chi connectivity index (χ0n) is 18.3. The van der Waals surface area contributed by atoms with Gasteiger partial charge in [-0.3, -0.25) is 14.5 Å². The van der Waals surface area contributed by atoms with E-state index in [-0.39, 0.29) is 18.1 Å². The van der Waals surface area contributed by atoms with E-state index in [0.717, 1.165) is 29.5 Å². The van der Waals surface area contributed by atoms with Gasteiger partial charge in [-0.2, -0.15) is 5.26 Å². The first-order valence-electron chi connectivity index (χ1n) is 11.3. The minimum atomic E-state index is -0.0591. The third kappa shape index (κ3) is 4.63. The van der Waals surface area contributed by atoms with E-state index in [1.807, 2.05) is 0 Å². The van der Waals surface area contributed by atoms with E-state index >= 15 is 0 Å². The van der Waals surface area contributed by atoms with Crippen molar-refractivity contribution < 1.29 is 9.53 Å². The Labute approximate surface area is 195 Å². The number of piperazine rings is 1. The van der Waals surface area contributed by atoms with Gasteiger partial charge in [0.1, 0.15) is 16.4 Å². The Bertz CT molecular complexity index is 1270. The van der Waals surface area contributed by atoms with Crippen LogP contribution in [-0.2, 0) is 24.2 Å². The van der Waals surface area contributed by atoms with Gasteiger partial charge in [-0.05, 0) is 55.5 Å². The molecule has 0 atom stereocenters. The third-order valence-electron chi connectivity index (χ3n) is 6.32. The van der Waals surface area contributed by atoms with Crippen molar-refractivity contribution >= 4 is 27.5 Å². The first-order chi connectivity index (χ1) is 16.1. The van der Waals surface area contributed by atoms with E-state index in [1.54, 1.807) is 40.5 Å². The topological polar surface area (TPSA) is 102 Å². The fourth-order valence-corrected chi connectivity index (χ4v) is 5.79. The lowest BCUT2D eigenvalue weighted by Gasteiger charge is -2.34. The average molecular weight is 464 g/mol. The first kappa shape index (κ1) is 21.6. The molecule has 5 rings (SSSR count). The molecule has 2 aliphatic rings. The summed E-state index contributed by atoms with van der Waals surface area (Å²) in [5, 5.41) is 9.64. The number of carbonyl (C=O) groups is 1. The Hall–Kier alpha value is -3.22. The Kier molecular flexibility index (Phi) is 6.11. The number of aryl methyl sites for hydroxylation is 2. The molecule has 0 spiro atoms. The number of ether oxygens (including phenoxy) is 1. The number of fused-ring (bicyclic) bond motifs is 3. The maximum atomic E-state index is 12.8. The maximum Gasteiger partial charge on any atom is 0.260 e. The number of nitriles is 1. The molecule has 1 N–H and O–H groups in total. The highest BCUT2D eigenvalue weighted by Gasteiger charge is 2.23. The number of aromatic nitrogens is 2. The van der Waals surface area contributed by atoms with Crippen LogP contribution in [0.1, 0.15) is 34.7 Å². The minimum Gasteiger partial charge on any atom is -0.484 e. The summed E-state index contributed by atoms with van der Waals surface area (Å²) in [5.74, 6) is 1.20. The van der Waals surface area contributed by atoms with Gasteiger partial charge in [0.2, 0.25) is 0 Å². The van der Waals surface area contributed by atoms with Gasteiger partial charge >= 0.3 is 0 Å². The van der Waals surface area contributed by atoms with Crippen molar-refractivity contribution in [3.8, 4) is 11.8 Å². The summed E-state index contributed by atoms with van der Waals surface area (Å²) in [6, 6.07) is 8.77. The average Bonchev–Trinajstić information content (AvgIpc) is 3.22. The summed E-state index contributed by atoms with van der Waals surface area (Å²) in [4.78, 5) is 39.2. The highest BCUT2D eigenvalue weighted by Crippen LogP contribution is 2.33. The number of hydrogen-bond acceptors (Lipinski definition) is 7. The van der Waals surface area contributed by atoms with Crippen molar-refractivity contribution in [2.24, 2.45) is 0 Å². The zero-order valence-corrected chi connectivity index (χ0v) is 19.1. The van der Waals surface area contributed by atoms with E-state index in [9.17, 15) is 9.59 Å². The molecule has 0 bridgehead atoms. The van der Waals surface area contributed by atoms with Crippen molar-refractivity contribution in [2.45, 2.75) is 32.2 Å². The van der Waals surface area contributed by atoms with Gasteiger partial charge < -0.3 is 14.6 Å². The second kappa shape index (κ2) is 9.33. The molecular weight excluding hydrogens is 438 g/mol. The fourth-order valence-electron chi connectivity index (χ4n) is 4.51. The molecule has 2 aromatic heterocycles. The lowest BCUT2D eigenvalue weighted by molar-refractivity contribution is -0.135. The maximum absolute atomic E-state index is 12.8. The predicted octanol–water partition coefficient (Wildman–Crippen LogP) is 2.46. The molecule has 3 aromatic rings. The number of carbonyl (C=O) groups excluding carboxylic acids is 1. The fraction of sp³-hybridized carbons (Fsp3) is 0.417. The molecule has 170 valence electrons. The first-order valence-corrected chi connectivity index (χ1v) is 12.1. The number of amides is 1. The molecule has 1 aliphatic heterocycles. The number of rotatable bonds is 5. The normalized spacial score (nSPS) is 16.4. The van der Waals surface area contributed by atoms with Crippen LogP contribution >= 0.6 is 11.3 Å². The molecule has 0 saturated carbocycles. The summed E-state index contributed by atoms with van der Waals surface area (Å²) in [6.07, 6.45) is 4.36. The van der Waals surface area contributed by atoms with Crippen LogP contribution in [0.2, 0.25) is 0 Å². The summed E-state index contributed by atoms with van der Waals surface area (Å²) in [6.45, 7) is 3.18. The van der Waals surface area contributed by atoms with Crippen LogP contribution in [0.25, 0.3) is 10.2 Å². The smallest absolute Gasteiger partial charge is 0.260 e. The van der Waals surface area contributed by atoms with Crippen LogP contribution in [0.5, 0.6) is 5.75 Å². The zero-order chi connectivity index (χ0) is 22.8. The summed E-state index contributed by atoms with van der Waals surface area (Å²) in [7, 11) is 0. The number of aromatic amines is 1. The van der Waals surface area contributed by atoms with Crippen LogP contribution in [-0.4, -0.2) is 58.5 Å². The third-order valence-corrected chi connectivity index (χ3v) is 7.50. The molecule has 0 radical (unpaired) electrons. The molecule has 1 amide bonds. The van der Waals surface area contributed by atoms with E-state index in [0.29, 0.717) is 49.9 Å². The highest BCUT2D eigenvalue weighted by molar-refractivity contribution is 7.18. The van der Waals surface area contributed by atoms with Gasteiger partial charge in [-0.1, -0.05) is 0 Å². The van der Waals surface area contributed by atoms with Crippen LogP contribution in [0.3, 0.4) is 0 Å². The molecular formula is C24H25N5O3S. The van der Waals surface area contributed by atoms with Gasteiger partial charge in [-0.15, -0.1) is 11.3 Å². The lowest BCUT2D eigenvalue weighted by atomic mass is 9.97. The molecule has 3 heterocycles. The number of nitrogens with zero attached hydrogens (tertiary/aromatic N) is 4. The highest BCUT2D eigenvalue weighted by atomic mass is 32.1. The standard InChI is InChI=1S/C24H25N5O3S/c25-13-16-5-7-17(8-6-16)32-15-21(30)29-11-9-28(10-12-29)14-20-26-23(31)22-18-3-1-2-4-19(18)33-24(22)27-20/h5-8H,1-4,9-12,14-15H2,(H,26,27,31). The molecule has 1 fully saturated rings. The predicted molar refractivity (Wildman–Crippen MR) is 125 cm³/mol. The number of benzene rings is 1. The monoisotopic (exact) mass is 463 g/mol. The molecule has 1 saturated heterocycles. The van der Waals surface area contributed by atoms with Crippen LogP contribution in [0.15, 0.2) is 29.1 Å². The van der Waals surface area contributed by atoms with Gasteiger partial charge in [0.05, 0.1) is 23.6 Å². The van der Waals surface area contributed by atoms with Gasteiger partial charge in [0, 0.05) is 31.1 Å². The van der Waals surface area contributed by atoms with Crippen molar-refractivity contribution in [3.05, 3.63) is 56.4 Å². The summed E-state index contributed by atoms with van der Waals surface area (Å²) in [5.41, 5.74) is 1.73. The van der Waals surface area contributed by atoms with Crippen molar-refractivity contribution in [1.82, 2.24) is 19.8 Å². The Morgan fingerprint density at radius 1 is 1.15 bits per heavy atom. The van der Waals surface area contributed by atoms with Gasteiger partial charge in [0.15, 0.2) is 6.61 Å². The summed E-state index contributed by atoms with van der Waals surface area (Å²) < 4.78 is 5.57. The molecule has 33 heavy (non-hydrogen) atoms. The molecule has 9 heteroatoms. The number of nitrogens with one attached hydrogen (secondary N) is 1. The van der Waals surface area contributed by atoms with Crippen LogP contribution in [0.4, 0.5) is 0 Å². The van der Waals surface area contributed by atoms with E-state index in [1.165, 1.54) is 16.9 Å². The quantitative estimate of drug-likeness (QED) is 0.624. The second-order valence-corrected chi connectivity index (χ2v) is 9.57. The molecule has 1 aromatic carbocycles. The van der Waals surface area contributed by atoms with E-state index in [4.69, 9.17) is 15.0 Å². The van der Waals surface area contributed by atoms with Gasteiger partial charge in [-0.25, -0.2) is 4.98 Å². The summed E-state index contributed by atoms with van der Waals surface area (Å²) >= 11 is 1.67. The number of hydrogen-bond donors (Lipinski definition) is 1.